The lowest BCUT2D eigenvalue weighted by molar-refractivity contribution is -0.131. The quantitative estimate of drug-likeness (QED) is 0.840. The summed E-state index contributed by atoms with van der Waals surface area (Å²) in [5, 5.41) is 3.24. The summed E-state index contributed by atoms with van der Waals surface area (Å²) in [5.74, 6) is 1.26. The molecule has 0 aliphatic carbocycles. The van der Waals surface area contributed by atoms with E-state index in [1.54, 1.807) is 0 Å². The molecule has 4 rings (SSSR count). The molecule has 4 heterocycles. The maximum absolute atomic E-state index is 12.5. The molecule has 0 radical (unpaired) electrons. The summed E-state index contributed by atoms with van der Waals surface area (Å²) >= 11 is 0. The molecule has 2 fully saturated rings. The second-order valence-electron chi connectivity index (χ2n) is 8.23. The van der Waals surface area contributed by atoms with E-state index in [1.165, 1.54) is 0 Å². The number of pyridine rings is 1. The van der Waals surface area contributed by atoms with E-state index in [2.05, 4.69) is 26.3 Å². The molecule has 1 N–H and O–H groups in total. The maximum atomic E-state index is 12.5. The zero-order valence-electron chi connectivity index (χ0n) is 17.4. The SMILES string of the molecule is Cc1cc(C)nc(Nc2ccc([C@@H]3CCCN(CC(=O)N4CCCC4)C3)nc2)n1. The van der Waals surface area contributed by atoms with Crippen LogP contribution in [0.2, 0.25) is 0 Å². The van der Waals surface area contributed by atoms with Crippen molar-refractivity contribution < 1.29 is 4.79 Å². The monoisotopic (exact) mass is 394 g/mol. The molecule has 0 spiro atoms. The topological polar surface area (TPSA) is 74.2 Å². The summed E-state index contributed by atoms with van der Waals surface area (Å²) in [6.07, 6.45) is 6.37. The number of anilines is 2. The van der Waals surface area contributed by atoms with Crippen LogP contribution in [0, 0.1) is 13.8 Å². The number of aryl methyl sites for hydroxylation is 2. The third kappa shape index (κ3) is 5.09. The fourth-order valence-electron chi connectivity index (χ4n) is 4.33. The van der Waals surface area contributed by atoms with Crippen molar-refractivity contribution in [3.05, 3.63) is 41.5 Å². The molecule has 2 aliphatic heterocycles. The lowest BCUT2D eigenvalue weighted by atomic mass is 9.94. The van der Waals surface area contributed by atoms with Gasteiger partial charge in [0.25, 0.3) is 0 Å². The van der Waals surface area contributed by atoms with Crippen LogP contribution >= 0.6 is 0 Å². The Bertz CT molecular complexity index is 827. The number of nitrogens with zero attached hydrogens (tertiary/aromatic N) is 5. The molecule has 1 atom stereocenters. The molecule has 154 valence electrons. The van der Waals surface area contributed by atoms with Gasteiger partial charge in [-0.05, 0) is 64.3 Å². The average Bonchev–Trinajstić information content (AvgIpc) is 3.23. The van der Waals surface area contributed by atoms with Crippen molar-refractivity contribution in [1.29, 1.82) is 0 Å². The number of aromatic nitrogens is 3. The molecule has 29 heavy (non-hydrogen) atoms. The summed E-state index contributed by atoms with van der Waals surface area (Å²) in [6.45, 7) is 8.22. The van der Waals surface area contributed by atoms with Crippen molar-refractivity contribution in [2.24, 2.45) is 0 Å². The Morgan fingerprint density at radius 1 is 1.10 bits per heavy atom. The average molecular weight is 395 g/mol. The molecule has 0 unspecified atom stereocenters. The molecule has 0 bridgehead atoms. The van der Waals surface area contributed by atoms with Gasteiger partial charge < -0.3 is 10.2 Å². The van der Waals surface area contributed by atoms with E-state index in [1.807, 2.05) is 37.1 Å². The standard InChI is InChI=1S/C22H30N6O/c1-16-12-17(2)25-22(24-16)26-19-7-8-20(23-13-19)18-6-5-9-27(14-18)15-21(29)28-10-3-4-11-28/h7-8,12-13,18H,3-6,9-11,14-15H2,1-2H3,(H,24,25,26)/t18-/m1/s1. The van der Waals surface area contributed by atoms with E-state index in [4.69, 9.17) is 4.98 Å². The van der Waals surface area contributed by atoms with Crippen molar-refractivity contribution in [2.45, 2.75) is 45.4 Å². The van der Waals surface area contributed by atoms with Gasteiger partial charge in [-0.15, -0.1) is 0 Å². The minimum absolute atomic E-state index is 0.282. The fraction of sp³-hybridized carbons (Fsp3) is 0.545. The van der Waals surface area contributed by atoms with Crippen LogP contribution in [0.3, 0.4) is 0 Å². The van der Waals surface area contributed by atoms with Crippen LogP contribution in [0.15, 0.2) is 24.4 Å². The third-order valence-electron chi connectivity index (χ3n) is 5.77. The van der Waals surface area contributed by atoms with E-state index >= 15 is 0 Å². The highest BCUT2D eigenvalue weighted by molar-refractivity contribution is 5.78. The highest BCUT2D eigenvalue weighted by atomic mass is 16.2. The fourth-order valence-corrected chi connectivity index (χ4v) is 4.33. The number of hydrogen-bond donors (Lipinski definition) is 1. The first-order valence-corrected chi connectivity index (χ1v) is 10.6. The first-order chi connectivity index (χ1) is 14.1. The molecular formula is C22H30N6O. The molecule has 1 amide bonds. The minimum atomic E-state index is 0.282. The Balaban J connectivity index is 1.36. The van der Waals surface area contributed by atoms with Gasteiger partial charge in [0.2, 0.25) is 11.9 Å². The number of hydrogen-bond acceptors (Lipinski definition) is 6. The molecule has 7 nitrogen and oxygen atoms in total. The van der Waals surface area contributed by atoms with E-state index in [0.29, 0.717) is 18.4 Å². The molecule has 0 aromatic carbocycles. The molecular weight excluding hydrogens is 364 g/mol. The van der Waals surface area contributed by atoms with Crippen molar-refractivity contribution in [3.63, 3.8) is 0 Å². The van der Waals surface area contributed by atoms with Crippen LogP contribution < -0.4 is 5.32 Å². The van der Waals surface area contributed by atoms with Gasteiger partial charge in [-0.3, -0.25) is 14.7 Å². The molecule has 0 saturated carbocycles. The van der Waals surface area contributed by atoms with Crippen LogP contribution in [-0.2, 0) is 4.79 Å². The number of piperidine rings is 1. The van der Waals surface area contributed by atoms with Gasteiger partial charge in [-0.25, -0.2) is 9.97 Å². The van der Waals surface area contributed by atoms with Gasteiger partial charge in [-0.1, -0.05) is 0 Å². The zero-order valence-corrected chi connectivity index (χ0v) is 17.4. The highest BCUT2D eigenvalue weighted by Gasteiger charge is 2.26. The second-order valence-corrected chi connectivity index (χ2v) is 8.23. The highest BCUT2D eigenvalue weighted by Crippen LogP contribution is 2.26. The Labute approximate surface area is 172 Å². The van der Waals surface area contributed by atoms with Gasteiger partial charge in [0.05, 0.1) is 18.4 Å². The molecule has 2 saturated heterocycles. The van der Waals surface area contributed by atoms with Gasteiger partial charge in [0.1, 0.15) is 0 Å². The van der Waals surface area contributed by atoms with Gasteiger partial charge >= 0.3 is 0 Å². The Kier molecular flexibility index (Phi) is 6.04. The largest absolute Gasteiger partial charge is 0.342 e. The number of amides is 1. The number of carbonyl (C=O) groups is 1. The maximum Gasteiger partial charge on any atom is 0.236 e. The van der Waals surface area contributed by atoms with Crippen molar-refractivity contribution >= 4 is 17.5 Å². The summed E-state index contributed by atoms with van der Waals surface area (Å²) in [5.41, 5.74) is 3.86. The predicted molar refractivity (Wildman–Crippen MR) is 113 cm³/mol. The molecule has 2 aliphatic rings. The second kappa shape index (κ2) is 8.86. The number of nitrogens with one attached hydrogen (secondary N) is 1. The van der Waals surface area contributed by atoms with Crippen LogP contribution in [0.1, 0.15) is 48.7 Å². The summed E-state index contributed by atoms with van der Waals surface area (Å²) in [7, 11) is 0. The number of rotatable bonds is 5. The summed E-state index contributed by atoms with van der Waals surface area (Å²) in [6, 6.07) is 6.08. The predicted octanol–water partition coefficient (Wildman–Crippen LogP) is 3.03. The normalized spacial score (nSPS) is 20.1. The van der Waals surface area contributed by atoms with E-state index < -0.39 is 0 Å². The molecule has 7 heteroatoms. The van der Waals surface area contributed by atoms with E-state index in [0.717, 1.165) is 74.6 Å². The molecule has 2 aromatic rings. The lowest BCUT2D eigenvalue weighted by Crippen LogP contribution is -2.43. The third-order valence-corrected chi connectivity index (χ3v) is 5.77. The van der Waals surface area contributed by atoms with Crippen molar-refractivity contribution in [3.8, 4) is 0 Å². The van der Waals surface area contributed by atoms with Crippen molar-refractivity contribution in [2.75, 3.05) is 38.0 Å². The lowest BCUT2D eigenvalue weighted by Gasteiger charge is -2.33. The Morgan fingerprint density at radius 3 is 2.55 bits per heavy atom. The first kappa shape index (κ1) is 19.8. The van der Waals surface area contributed by atoms with Crippen molar-refractivity contribution in [1.82, 2.24) is 24.8 Å². The van der Waals surface area contributed by atoms with Crippen LogP contribution in [-0.4, -0.2) is 63.4 Å². The van der Waals surface area contributed by atoms with Crippen LogP contribution in [0.4, 0.5) is 11.6 Å². The molecule has 2 aromatic heterocycles. The van der Waals surface area contributed by atoms with E-state index in [-0.39, 0.29) is 5.91 Å². The van der Waals surface area contributed by atoms with Gasteiger partial charge in [-0.2, -0.15) is 0 Å². The number of likely N-dealkylation sites (tertiary alicyclic amines) is 2. The smallest absolute Gasteiger partial charge is 0.236 e. The minimum Gasteiger partial charge on any atom is -0.342 e. The first-order valence-electron chi connectivity index (χ1n) is 10.6. The van der Waals surface area contributed by atoms with E-state index in [9.17, 15) is 4.79 Å². The Morgan fingerprint density at radius 2 is 1.86 bits per heavy atom. The summed E-state index contributed by atoms with van der Waals surface area (Å²) in [4.78, 5) is 30.3. The van der Waals surface area contributed by atoms with Gasteiger partial charge in [0.15, 0.2) is 0 Å². The number of carbonyl (C=O) groups excluding carboxylic acids is 1. The zero-order chi connectivity index (χ0) is 20.2. The van der Waals surface area contributed by atoms with Gasteiger partial charge in [0, 0.05) is 42.6 Å². The van der Waals surface area contributed by atoms with Crippen LogP contribution in [0.5, 0.6) is 0 Å². The summed E-state index contributed by atoms with van der Waals surface area (Å²) < 4.78 is 0. The Hall–Kier alpha value is -2.54. The van der Waals surface area contributed by atoms with Crippen LogP contribution in [0.25, 0.3) is 0 Å².